The first-order valence-corrected chi connectivity index (χ1v) is 11.0. The molecule has 0 amide bonds. The molecule has 1 aromatic rings. The molecule has 4 aliphatic rings. The van der Waals surface area contributed by atoms with Crippen molar-refractivity contribution in [2.75, 3.05) is 7.05 Å². The van der Waals surface area contributed by atoms with Crippen LogP contribution in [0.1, 0.15) is 19.4 Å². The first-order valence-electron chi connectivity index (χ1n) is 11.0. The van der Waals surface area contributed by atoms with E-state index in [1.807, 2.05) is 30.4 Å². The van der Waals surface area contributed by atoms with Gasteiger partial charge in [-0.15, -0.1) is 6.58 Å². The summed E-state index contributed by atoms with van der Waals surface area (Å²) in [6, 6.07) is 2.19. The molecule has 2 unspecified atom stereocenters. The Hall–Kier alpha value is -3.66. The Morgan fingerprint density at radius 2 is 1.66 bits per heavy atom. The number of aromatic nitrogens is 1. The summed E-state index contributed by atoms with van der Waals surface area (Å²) >= 11 is 0. The minimum Gasteiger partial charge on any atom is -0.361 e. The van der Waals surface area contributed by atoms with Gasteiger partial charge in [-0.25, -0.2) is 9.98 Å². The number of nitrogens with one attached hydrogen (secondary N) is 1. The van der Waals surface area contributed by atoms with Gasteiger partial charge in [0, 0.05) is 29.4 Å². The number of aliphatic imine (C=N–C) groups is 2. The molecule has 0 aliphatic carbocycles. The molecule has 8 bridgehead atoms. The van der Waals surface area contributed by atoms with Gasteiger partial charge < -0.3 is 9.88 Å². The number of hydrogen-bond acceptors (Lipinski definition) is 3. The number of aromatic amines is 1. The van der Waals surface area contributed by atoms with E-state index in [-0.39, 0.29) is 11.5 Å². The Labute approximate surface area is 189 Å². The molecule has 0 fully saturated rings. The third-order valence-electron chi connectivity index (χ3n) is 7.13. The highest BCUT2D eigenvalue weighted by molar-refractivity contribution is 6.19. The summed E-state index contributed by atoms with van der Waals surface area (Å²) in [5, 5.41) is 2.18. The fraction of sp³-hybridized carbons (Fsp3) is 0.214. The van der Waals surface area contributed by atoms with E-state index < -0.39 is 0 Å². The summed E-state index contributed by atoms with van der Waals surface area (Å²) in [7, 11) is 2.14. The SMILES string of the molecule is C=CC1=C2/C=C3/C=CC(=N3)/C=C3/C=CC(=N3)/C=c3/cc(C)/c([nH]3)=C(\C)C(C=C)(C1C)N2C. The molecule has 0 radical (unpaired) electrons. The molecule has 0 saturated carbocycles. The molecule has 32 heavy (non-hydrogen) atoms. The number of allylic oxidation sites excluding steroid dienone is 7. The molecule has 4 aliphatic heterocycles. The second-order valence-electron chi connectivity index (χ2n) is 8.79. The van der Waals surface area contributed by atoms with Crippen LogP contribution < -0.4 is 10.7 Å². The van der Waals surface area contributed by atoms with E-state index in [0.717, 1.165) is 39.2 Å². The molecule has 2 atom stereocenters. The quantitative estimate of drug-likeness (QED) is 0.722. The van der Waals surface area contributed by atoms with Gasteiger partial charge in [0.2, 0.25) is 0 Å². The second-order valence-corrected chi connectivity index (χ2v) is 8.79. The molecule has 4 heteroatoms. The van der Waals surface area contributed by atoms with Crippen LogP contribution in [0, 0.1) is 12.8 Å². The zero-order valence-corrected chi connectivity index (χ0v) is 19.1. The monoisotopic (exact) mass is 420 g/mol. The van der Waals surface area contributed by atoms with Gasteiger partial charge in [0.25, 0.3) is 0 Å². The van der Waals surface area contributed by atoms with Crippen molar-refractivity contribution in [3.8, 4) is 0 Å². The van der Waals surface area contributed by atoms with Gasteiger partial charge in [-0.2, -0.15) is 0 Å². The predicted octanol–water partition coefficient (Wildman–Crippen LogP) is 4.02. The normalized spacial score (nSPS) is 32.1. The Morgan fingerprint density at radius 1 is 1.00 bits per heavy atom. The summed E-state index contributed by atoms with van der Waals surface area (Å²) in [4.78, 5) is 15.5. The summed E-state index contributed by atoms with van der Waals surface area (Å²) < 4.78 is 0. The lowest BCUT2D eigenvalue weighted by Crippen LogP contribution is -2.47. The maximum atomic E-state index is 4.82. The van der Waals surface area contributed by atoms with E-state index in [1.165, 1.54) is 16.7 Å². The molecule has 5 heterocycles. The van der Waals surface area contributed by atoms with Crippen molar-refractivity contribution in [2.45, 2.75) is 26.3 Å². The second kappa shape index (κ2) is 7.20. The lowest BCUT2D eigenvalue weighted by Gasteiger charge is -2.40. The van der Waals surface area contributed by atoms with Crippen molar-refractivity contribution in [2.24, 2.45) is 15.9 Å². The Morgan fingerprint density at radius 3 is 2.31 bits per heavy atom. The number of hydrogen-bond donors (Lipinski definition) is 1. The van der Waals surface area contributed by atoms with Crippen LogP contribution in [0.5, 0.6) is 0 Å². The lowest BCUT2D eigenvalue weighted by molar-refractivity contribution is 0.272. The molecular weight excluding hydrogens is 392 g/mol. The first kappa shape index (κ1) is 20.3. The molecule has 0 saturated heterocycles. The average molecular weight is 421 g/mol. The topological polar surface area (TPSA) is 43.8 Å². The van der Waals surface area contributed by atoms with Crippen molar-refractivity contribution < 1.29 is 0 Å². The Balaban J connectivity index is 1.85. The van der Waals surface area contributed by atoms with Gasteiger partial charge in [-0.1, -0.05) is 25.7 Å². The number of rotatable bonds is 2. The standard InChI is InChI=1S/C28H28N4/c1-7-25-18(4)28(8-2)19(5)27-17(3)13-24(31-27)15-22-10-9-20(29-22)14-21-11-12-23(30-21)16-26(25)32(28)6/h7-16,18,31H,1-2H2,3-6H3/b20-14-,23-16-,24-15-,27-19-. The van der Waals surface area contributed by atoms with Crippen LogP contribution in [0.3, 0.4) is 0 Å². The van der Waals surface area contributed by atoms with Crippen molar-refractivity contribution in [1.82, 2.24) is 9.88 Å². The highest BCUT2D eigenvalue weighted by atomic mass is 15.2. The molecule has 0 aromatic carbocycles. The van der Waals surface area contributed by atoms with E-state index >= 15 is 0 Å². The van der Waals surface area contributed by atoms with Crippen LogP contribution in [-0.4, -0.2) is 33.9 Å². The average Bonchev–Trinajstić information content (AvgIpc) is 3.52. The van der Waals surface area contributed by atoms with Crippen LogP contribution in [0.15, 0.2) is 100 Å². The highest BCUT2D eigenvalue weighted by Crippen LogP contribution is 2.47. The zero-order chi connectivity index (χ0) is 22.6. The van der Waals surface area contributed by atoms with Crippen LogP contribution in [0.25, 0.3) is 11.6 Å². The van der Waals surface area contributed by atoms with Crippen molar-refractivity contribution in [3.63, 3.8) is 0 Å². The molecule has 1 aromatic heterocycles. The Kier molecular flexibility index (Phi) is 4.55. The molecule has 160 valence electrons. The van der Waals surface area contributed by atoms with Gasteiger partial charge >= 0.3 is 0 Å². The third kappa shape index (κ3) is 2.83. The van der Waals surface area contributed by atoms with Crippen LogP contribution >= 0.6 is 0 Å². The maximum Gasteiger partial charge on any atom is 0.0878 e. The van der Waals surface area contributed by atoms with Crippen molar-refractivity contribution >= 4 is 23.1 Å². The zero-order valence-electron chi connectivity index (χ0n) is 19.1. The van der Waals surface area contributed by atoms with Gasteiger partial charge in [-0.3, -0.25) is 0 Å². The van der Waals surface area contributed by atoms with Crippen molar-refractivity contribution in [1.29, 1.82) is 0 Å². The van der Waals surface area contributed by atoms with Crippen LogP contribution in [0.2, 0.25) is 0 Å². The minimum absolute atomic E-state index is 0.180. The van der Waals surface area contributed by atoms with Gasteiger partial charge in [0.1, 0.15) is 0 Å². The van der Waals surface area contributed by atoms with E-state index in [1.54, 1.807) is 0 Å². The minimum atomic E-state index is -0.382. The summed E-state index contributed by atoms with van der Waals surface area (Å²) in [6.45, 7) is 15.0. The van der Waals surface area contributed by atoms with E-state index in [9.17, 15) is 0 Å². The summed E-state index contributed by atoms with van der Waals surface area (Å²) in [6.07, 6.45) is 18.5. The van der Waals surface area contributed by atoms with Crippen molar-refractivity contribution in [3.05, 3.63) is 107 Å². The summed E-state index contributed by atoms with van der Waals surface area (Å²) in [5.41, 5.74) is 8.03. The molecule has 1 N–H and O–H groups in total. The largest absolute Gasteiger partial charge is 0.361 e. The highest BCUT2D eigenvalue weighted by Gasteiger charge is 2.47. The fourth-order valence-electron chi connectivity index (χ4n) is 5.46. The Bertz CT molecular complexity index is 1400. The molecule has 4 nitrogen and oxygen atoms in total. The van der Waals surface area contributed by atoms with Gasteiger partial charge in [-0.05, 0) is 79.2 Å². The first-order chi connectivity index (χ1) is 15.4. The number of H-pyrrole nitrogens is 1. The maximum absolute atomic E-state index is 4.82. The van der Waals surface area contributed by atoms with Crippen LogP contribution in [-0.2, 0) is 0 Å². The van der Waals surface area contributed by atoms with Gasteiger partial charge in [0.15, 0.2) is 0 Å². The number of nitrogens with zero attached hydrogens (tertiary/aromatic N) is 3. The van der Waals surface area contributed by atoms with E-state index in [2.05, 4.69) is 81.2 Å². The van der Waals surface area contributed by atoms with Crippen LogP contribution in [0.4, 0.5) is 0 Å². The molecule has 0 spiro atoms. The smallest absolute Gasteiger partial charge is 0.0878 e. The number of fused-ring (bicyclic) bond motifs is 6. The third-order valence-corrected chi connectivity index (χ3v) is 7.13. The molecular formula is C28H28N4. The lowest BCUT2D eigenvalue weighted by atomic mass is 9.77. The van der Waals surface area contributed by atoms with E-state index in [0.29, 0.717) is 0 Å². The fourth-order valence-corrected chi connectivity index (χ4v) is 5.46. The molecule has 5 rings (SSSR count). The van der Waals surface area contributed by atoms with E-state index in [4.69, 9.17) is 9.98 Å². The predicted molar refractivity (Wildman–Crippen MR) is 135 cm³/mol. The summed E-state index contributed by atoms with van der Waals surface area (Å²) in [5.74, 6) is 0.180. The van der Waals surface area contributed by atoms with Gasteiger partial charge in [0.05, 0.1) is 28.4 Å². The number of likely N-dealkylation sites (N-methyl/N-ethyl adjacent to an activating group) is 1. The number of aryl methyl sites for hydroxylation is 1.